The smallest absolute Gasteiger partial charge is 0.251 e. The van der Waals surface area contributed by atoms with Gasteiger partial charge in [-0.3, -0.25) is 4.79 Å². The number of hydrogen-bond acceptors (Lipinski definition) is 3. The summed E-state index contributed by atoms with van der Waals surface area (Å²) < 4.78 is 10.5. The van der Waals surface area contributed by atoms with Crippen LogP contribution in [-0.4, -0.2) is 25.7 Å². The Labute approximate surface area is 117 Å². The molecule has 1 aromatic heterocycles. The third kappa shape index (κ3) is 2.60. The summed E-state index contributed by atoms with van der Waals surface area (Å²) in [4.78, 5) is 12.2. The molecule has 0 spiro atoms. The third-order valence-corrected chi connectivity index (χ3v) is 3.51. The van der Waals surface area contributed by atoms with Crippen molar-refractivity contribution in [1.29, 1.82) is 0 Å². The molecule has 1 fully saturated rings. The number of carbonyl (C=O) groups excluding carboxylic acids is 1. The predicted molar refractivity (Wildman–Crippen MR) is 75.4 cm³/mol. The fourth-order valence-electron chi connectivity index (χ4n) is 2.20. The molecule has 1 N–H and O–H groups in total. The second-order valence-corrected chi connectivity index (χ2v) is 5.54. The minimum Gasteiger partial charge on any atom is -0.464 e. The topological polar surface area (TPSA) is 51.5 Å². The third-order valence-electron chi connectivity index (χ3n) is 3.51. The average molecular weight is 271 g/mol. The Hall–Kier alpha value is -2.07. The summed E-state index contributed by atoms with van der Waals surface area (Å²) in [5, 5.41) is 2.96. The molecule has 0 bridgehead atoms. The lowest BCUT2D eigenvalue weighted by Crippen LogP contribution is -2.48. The van der Waals surface area contributed by atoms with Gasteiger partial charge in [0.15, 0.2) is 0 Å². The Morgan fingerprint density at radius 3 is 2.80 bits per heavy atom. The maximum Gasteiger partial charge on any atom is 0.251 e. The first-order chi connectivity index (χ1) is 9.66. The van der Waals surface area contributed by atoms with E-state index in [0.717, 1.165) is 11.3 Å². The highest BCUT2D eigenvalue weighted by atomic mass is 16.5. The number of furan rings is 1. The molecular weight excluding hydrogens is 254 g/mol. The second kappa shape index (κ2) is 5.13. The predicted octanol–water partition coefficient (Wildman–Crippen LogP) is 2.71. The fourth-order valence-corrected chi connectivity index (χ4v) is 2.20. The summed E-state index contributed by atoms with van der Waals surface area (Å²) in [6, 6.07) is 11.1. The maximum absolute atomic E-state index is 12.2. The minimum absolute atomic E-state index is 0.0634. The van der Waals surface area contributed by atoms with E-state index in [9.17, 15) is 4.79 Å². The van der Waals surface area contributed by atoms with Crippen LogP contribution in [-0.2, 0) is 4.74 Å². The van der Waals surface area contributed by atoms with Crippen molar-refractivity contribution in [3.05, 3.63) is 48.2 Å². The van der Waals surface area contributed by atoms with Crippen LogP contribution in [0.1, 0.15) is 17.3 Å². The number of rotatable bonds is 4. The summed E-state index contributed by atoms with van der Waals surface area (Å²) in [5.74, 6) is 0.700. The van der Waals surface area contributed by atoms with Gasteiger partial charge in [-0.15, -0.1) is 0 Å². The van der Waals surface area contributed by atoms with Gasteiger partial charge in [0, 0.05) is 23.1 Å². The van der Waals surface area contributed by atoms with Crippen LogP contribution in [0.2, 0.25) is 0 Å². The van der Waals surface area contributed by atoms with Crippen molar-refractivity contribution in [2.45, 2.75) is 6.92 Å². The van der Waals surface area contributed by atoms with E-state index in [0.29, 0.717) is 25.3 Å². The number of ether oxygens (including phenoxy) is 1. The maximum atomic E-state index is 12.2. The average Bonchev–Trinajstić information content (AvgIpc) is 2.97. The zero-order valence-corrected chi connectivity index (χ0v) is 11.4. The second-order valence-electron chi connectivity index (χ2n) is 5.54. The Morgan fingerprint density at radius 1 is 1.30 bits per heavy atom. The van der Waals surface area contributed by atoms with E-state index in [1.165, 1.54) is 0 Å². The molecule has 1 aromatic carbocycles. The molecule has 0 saturated carbocycles. The Morgan fingerprint density at radius 2 is 2.15 bits per heavy atom. The van der Waals surface area contributed by atoms with Crippen molar-refractivity contribution in [2.24, 2.45) is 5.41 Å². The Bertz CT molecular complexity index is 600. The monoisotopic (exact) mass is 271 g/mol. The van der Waals surface area contributed by atoms with Crippen molar-refractivity contribution in [3.8, 4) is 11.3 Å². The lowest BCUT2D eigenvalue weighted by Gasteiger charge is -2.38. The highest BCUT2D eigenvalue weighted by Gasteiger charge is 2.33. The zero-order chi connectivity index (χ0) is 14.0. The standard InChI is InChI=1S/C16H17NO3/c1-16(10-19-11-16)9-17-15(18)13-5-2-4-12(8-13)14-6-3-7-20-14/h2-8H,9-11H2,1H3,(H,17,18). The zero-order valence-electron chi connectivity index (χ0n) is 11.4. The minimum atomic E-state index is -0.0634. The molecule has 0 unspecified atom stereocenters. The van der Waals surface area contributed by atoms with Crippen LogP contribution in [0.5, 0.6) is 0 Å². The first-order valence-electron chi connectivity index (χ1n) is 6.66. The number of amides is 1. The highest BCUT2D eigenvalue weighted by molar-refractivity contribution is 5.95. The van der Waals surface area contributed by atoms with Crippen LogP contribution < -0.4 is 5.32 Å². The van der Waals surface area contributed by atoms with Crippen molar-refractivity contribution < 1.29 is 13.9 Å². The first-order valence-corrected chi connectivity index (χ1v) is 6.66. The molecule has 0 radical (unpaired) electrons. The van der Waals surface area contributed by atoms with Crippen molar-refractivity contribution in [1.82, 2.24) is 5.32 Å². The SMILES string of the molecule is CC1(CNC(=O)c2cccc(-c3ccco3)c2)COC1. The molecule has 1 amide bonds. The Kier molecular flexibility index (Phi) is 3.32. The van der Waals surface area contributed by atoms with Gasteiger partial charge in [-0.05, 0) is 24.3 Å². The molecule has 2 heterocycles. The van der Waals surface area contributed by atoms with Crippen LogP contribution in [0.3, 0.4) is 0 Å². The highest BCUT2D eigenvalue weighted by Crippen LogP contribution is 2.25. The van der Waals surface area contributed by atoms with Gasteiger partial charge in [-0.1, -0.05) is 19.1 Å². The van der Waals surface area contributed by atoms with Crippen molar-refractivity contribution >= 4 is 5.91 Å². The molecule has 1 saturated heterocycles. The van der Waals surface area contributed by atoms with E-state index in [1.54, 1.807) is 12.3 Å². The van der Waals surface area contributed by atoms with Crippen LogP contribution in [0, 0.1) is 5.41 Å². The summed E-state index contributed by atoms with van der Waals surface area (Å²) in [6.45, 7) is 4.16. The van der Waals surface area contributed by atoms with E-state index in [4.69, 9.17) is 9.15 Å². The van der Waals surface area contributed by atoms with E-state index in [1.807, 2.05) is 30.3 Å². The number of nitrogens with one attached hydrogen (secondary N) is 1. The lowest BCUT2D eigenvalue weighted by molar-refractivity contribution is -0.0978. The van der Waals surface area contributed by atoms with Crippen molar-refractivity contribution in [2.75, 3.05) is 19.8 Å². The molecule has 2 aromatic rings. The van der Waals surface area contributed by atoms with Gasteiger partial charge in [0.05, 0.1) is 19.5 Å². The molecule has 1 aliphatic heterocycles. The van der Waals surface area contributed by atoms with Crippen LogP contribution in [0.4, 0.5) is 0 Å². The normalized spacial score (nSPS) is 16.4. The van der Waals surface area contributed by atoms with E-state index in [-0.39, 0.29) is 11.3 Å². The molecule has 0 aliphatic carbocycles. The van der Waals surface area contributed by atoms with Gasteiger partial charge < -0.3 is 14.5 Å². The molecule has 0 atom stereocenters. The summed E-state index contributed by atoms with van der Waals surface area (Å²) >= 11 is 0. The van der Waals surface area contributed by atoms with Gasteiger partial charge in [0.2, 0.25) is 0 Å². The van der Waals surface area contributed by atoms with Gasteiger partial charge in [0.1, 0.15) is 5.76 Å². The van der Waals surface area contributed by atoms with E-state index >= 15 is 0 Å². The number of carbonyl (C=O) groups is 1. The summed E-state index contributed by atoms with van der Waals surface area (Å²) in [7, 11) is 0. The van der Waals surface area contributed by atoms with Crippen LogP contribution in [0.25, 0.3) is 11.3 Å². The molecular formula is C16H17NO3. The molecule has 20 heavy (non-hydrogen) atoms. The molecule has 104 valence electrons. The van der Waals surface area contributed by atoms with E-state index < -0.39 is 0 Å². The number of benzene rings is 1. The van der Waals surface area contributed by atoms with Gasteiger partial charge in [-0.2, -0.15) is 0 Å². The summed E-state index contributed by atoms with van der Waals surface area (Å²) in [5.41, 5.74) is 1.62. The van der Waals surface area contributed by atoms with E-state index in [2.05, 4.69) is 12.2 Å². The lowest BCUT2D eigenvalue weighted by atomic mass is 9.88. The number of hydrogen-bond donors (Lipinski definition) is 1. The fraction of sp³-hybridized carbons (Fsp3) is 0.312. The first kappa shape index (κ1) is 12.9. The van der Waals surface area contributed by atoms with Gasteiger partial charge >= 0.3 is 0 Å². The van der Waals surface area contributed by atoms with Crippen LogP contribution in [0.15, 0.2) is 47.1 Å². The van der Waals surface area contributed by atoms with Gasteiger partial charge in [-0.25, -0.2) is 0 Å². The largest absolute Gasteiger partial charge is 0.464 e. The van der Waals surface area contributed by atoms with Crippen LogP contribution >= 0.6 is 0 Å². The molecule has 4 heteroatoms. The molecule has 1 aliphatic rings. The Balaban J connectivity index is 1.70. The van der Waals surface area contributed by atoms with Crippen molar-refractivity contribution in [3.63, 3.8) is 0 Å². The molecule has 4 nitrogen and oxygen atoms in total. The van der Waals surface area contributed by atoms with Gasteiger partial charge in [0.25, 0.3) is 5.91 Å². The quantitative estimate of drug-likeness (QED) is 0.930. The molecule has 3 rings (SSSR count). The summed E-state index contributed by atoms with van der Waals surface area (Å²) in [6.07, 6.45) is 1.62.